The molecule has 0 unspecified atom stereocenters. The summed E-state index contributed by atoms with van der Waals surface area (Å²) in [6.07, 6.45) is 0.569. The number of halogens is 2. The van der Waals surface area contributed by atoms with Gasteiger partial charge in [0.1, 0.15) is 11.5 Å². The smallest absolute Gasteiger partial charge is 0.341 e. The lowest BCUT2D eigenvalue weighted by atomic mass is 10.00. The summed E-state index contributed by atoms with van der Waals surface area (Å²) in [5.74, 6) is -0.146. The zero-order valence-electron chi connectivity index (χ0n) is 14.8. The predicted molar refractivity (Wildman–Crippen MR) is 105 cm³/mol. The maximum Gasteiger partial charge on any atom is 0.341 e. The quantitative estimate of drug-likeness (QED) is 0.630. The fourth-order valence-corrected chi connectivity index (χ4v) is 3.25. The summed E-state index contributed by atoms with van der Waals surface area (Å²) < 4.78 is 11.1. The number of aryl methyl sites for hydroxylation is 1. The van der Waals surface area contributed by atoms with Crippen molar-refractivity contribution in [2.75, 3.05) is 13.7 Å². The molecule has 0 aliphatic carbocycles. The highest BCUT2D eigenvalue weighted by atomic mass is 35.5. The van der Waals surface area contributed by atoms with E-state index in [9.17, 15) is 4.79 Å². The van der Waals surface area contributed by atoms with Crippen LogP contribution in [0.1, 0.15) is 16.8 Å². The van der Waals surface area contributed by atoms with Gasteiger partial charge in [-0.15, -0.1) is 0 Å². The number of aliphatic carboxylic acids is 1. The Morgan fingerprint density at radius 3 is 2.48 bits per heavy atom. The summed E-state index contributed by atoms with van der Waals surface area (Å²) >= 11 is 12.3. The zero-order valence-corrected chi connectivity index (χ0v) is 16.3. The molecular weight excluding hydrogens is 389 g/mol. The van der Waals surface area contributed by atoms with Crippen molar-refractivity contribution in [2.24, 2.45) is 0 Å². The summed E-state index contributed by atoms with van der Waals surface area (Å²) in [5, 5.41) is 10.6. The normalized spacial score (nSPS) is 10.8. The topological polar surface area (TPSA) is 68.7 Å². The summed E-state index contributed by atoms with van der Waals surface area (Å²) in [4.78, 5) is 15.5. The van der Waals surface area contributed by atoms with Crippen molar-refractivity contribution in [1.29, 1.82) is 0 Å². The average molecular weight is 406 g/mol. The van der Waals surface area contributed by atoms with E-state index in [-0.39, 0.29) is 0 Å². The molecule has 0 saturated carbocycles. The number of ether oxygens (including phenoxy) is 2. The number of pyridine rings is 1. The molecule has 0 aliphatic rings. The maximum absolute atomic E-state index is 10.9. The highest BCUT2D eigenvalue weighted by Gasteiger charge is 2.20. The van der Waals surface area contributed by atoms with Crippen LogP contribution < -0.4 is 9.47 Å². The molecule has 1 aromatic heterocycles. The van der Waals surface area contributed by atoms with E-state index in [1.807, 2.05) is 31.2 Å². The third-order valence-corrected chi connectivity index (χ3v) is 4.71. The molecule has 0 saturated heterocycles. The van der Waals surface area contributed by atoms with Crippen LogP contribution in [0.2, 0.25) is 10.0 Å². The molecule has 1 N–H and O–H groups in total. The van der Waals surface area contributed by atoms with Crippen LogP contribution in [0.3, 0.4) is 0 Å². The van der Waals surface area contributed by atoms with Gasteiger partial charge in [-0.05, 0) is 36.8 Å². The third kappa shape index (κ3) is 4.10. The van der Waals surface area contributed by atoms with Crippen molar-refractivity contribution in [2.45, 2.75) is 13.3 Å². The Labute approximate surface area is 166 Å². The Balaban J connectivity index is 2.18. The van der Waals surface area contributed by atoms with E-state index in [4.69, 9.17) is 37.8 Å². The number of methoxy groups -OCH3 is 1. The van der Waals surface area contributed by atoms with Gasteiger partial charge in [0.2, 0.25) is 0 Å². The zero-order chi connectivity index (χ0) is 19.6. The highest BCUT2D eigenvalue weighted by Crippen LogP contribution is 2.40. The van der Waals surface area contributed by atoms with E-state index in [1.54, 1.807) is 19.2 Å². The van der Waals surface area contributed by atoms with Crippen LogP contribution in [0.4, 0.5) is 0 Å². The van der Waals surface area contributed by atoms with E-state index < -0.39 is 12.6 Å². The second kappa shape index (κ2) is 8.03. The van der Waals surface area contributed by atoms with Gasteiger partial charge >= 0.3 is 5.97 Å². The molecule has 0 radical (unpaired) electrons. The lowest BCUT2D eigenvalue weighted by Gasteiger charge is -2.17. The number of nitrogens with zero attached hydrogens (tertiary/aromatic N) is 1. The summed E-state index contributed by atoms with van der Waals surface area (Å²) in [5.41, 5.74) is 3.19. The first kappa shape index (κ1) is 19.3. The number of carboxylic acid groups (broad SMARTS) is 1. The van der Waals surface area contributed by atoms with Crippen LogP contribution in [0, 0.1) is 6.92 Å². The lowest BCUT2D eigenvalue weighted by Crippen LogP contribution is -2.10. The number of fused-ring (bicyclic) bond motifs is 1. The molecule has 0 fully saturated rings. The Bertz CT molecular complexity index is 1000. The van der Waals surface area contributed by atoms with Crippen LogP contribution in [0.15, 0.2) is 36.4 Å². The monoisotopic (exact) mass is 405 g/mol. The Morgan fingerprint density at radius 1 is 1.15 bits per heavy atom. The maximum atomic E-state index is 10.9. The second-order valence-corrected chi connectivity index (χ2v) is 6.81. The van der Waals surface area contributed by atoms with Gasteiger partial charge in [-0.2, -0.15) is 0 Å². The molecule has 0 atom stereocenters. The molecule has 0 bridgehead atoms. The standard InChI is InChI=1S/C20H17Cl2NO4/c1-11-14(9-12-3-5-13(21)6-4-12)20(26-2)18-16(27-10-17(24)25)8-7-15(22)19(18)23-11/h3-8H,9-10H2,1-2H3,(H,24,25). The SMILES string of the molecule is COc1c(Cc2ccc(Cl)cc2)c(C)nc2c(Cl)ccc(OCC(=O)O)c12. The van der Waals surface area contributed by atoms with Gasteiger partial charge in [0, 0.05) is 22.7 Å². The average Bonchev–Trinajstić information content (AvgIpc) is 2.64. The minimum Gasteiger partial charge on any atom is -0.496 e. The number of hydrogen-bond donors (Lipinski definition) is 1. The van der Waals surface area contributed by atoms with Crippen LogP contribution in [0.5, 0.6) is 11.5 Å². The van der Waals surface area contributed by atoms with Crippen molar-refractivity contribution in [3.05, 3.63) is 63.3 Å². The van der Waals surface area contributed by atoms with Gasteiger partial charge in [0.15, 0.2) is 6.61 Å². The van der Waals surface area contributed by atoms with Gasteiger partial charge in [-0.25, -0.2) is 4.79 Å². The molecule has 0 amide bonds. The lowest BCUT2D eigenvalue weighted by molar-refractivity contribution is -0.139. The molecule has 3 aromatic rings. The van der Waals surface area contributed by atoms with E-state index >= 15 is 0 Å². The first-order chi connectivity index (χ1) is 12.9. The van der Waals surface area contributed by atoms with Crippen molar-refractivity contribution >= 4 is 40.1 Å². The van der Waals surface area contributed by atoms with Gasteiger partial charge in [0.05, 0.1) is 23.0 Å². The number of hydrogen-bond acceptors (Lipinski definition) is 4. The van der Waals surface area contributed by atoms with Crippen LogP contribution in [-0.4, -0.2) is 29.8 Å². The van der Waals surface area contributed by atoms with Crippen molar-refractivity contribution in [3.8, 4) is 11.5 Å². The van der Waals surface area contributed by atoms with Gasteiger partial charge in [-0.3, -0.25) is 4.98 Å². The number of aromatic nitrogens is 1. The number of carboxylic acids is 1. The Hall–Kier alpha value is -2.50. The van der Waals surface area contributed by atoms with Crippen LogP contribution >= 0.6 is 23.2 Å². The molecule has 140 valence electrons. The summed E-state index contributed by atoms with van der Waals surface area (Å²) in [6.45, 7) is 1.41. The minimum atomic E-state index is -1.07. The molecule has 3 rings (SSSR count). The van der Waals surface area contributed by atoms with Crippen molar-refractivity contribution in [3.63, 3.8) is 0 Å². The Kier molecular flexibility index (Phi) is 5.73. The van der Waals surface area contributed by atoms with E-state index in [2.05, 4.69) is 4.98 Å². The van der Waals surface area contributed by atoms with Crippen molar-refractivity contribution < 1.29 is 19.4 Å². The van der Waals surface area contributed by atoms with E-state index in [0.29, 0.717) is 38.9 Å². The molecule has 0 aliphatic heterocycles. The second-order valence-electron chi connectivity index (χ2n) is 5.96. The van der Waals surface area contributed by atoms with Crippen LogP contribution in [0.25, 0.3) is 10.9 Å². The fourth-order valence-electron chi connectivity index (χ4n) is 2.93. The molecule has 1 heterocycles. The number of carbonyl (C=O) groups is 1. The highest BCUT2D eigenvalue weighted by molar-refractivity contribution is 6.35. The van der Waals surface area contributed by atoms with Gasteiger partial charge in [0.25, 0.3) is 0 Å². The van der Waals surface area contributed by atoms with Gasteiger partial charge < -0.3 is 14.6 Å². The summed E-state index contributed by atoms with van der Waals surface area (Å²) in [7, 11) is 1.56. The summed E-state index contributed by atoms with van der Waals surface area (Å²) in [6, 6.07) is 10.8. The number of rotatable bonds is 6. The molecule has 0 spiro atoms. The van der Waals surface area contributed by atoms with E-state index in [0.717, 1.165) is 16.8 Å². The van der Waals surface area contributed by atoms with Crippen LogP contribution in [-0.2, 0) is 11.2 Å². The molecule has 7 heteroatoms. The largest absolute Gasteiger partial charge is 0.496 e. The molecular formula is C20H17Cl2NO4. The molecule has 5 nitrogen and oxygen atoms in total. The number of benzene rings is 2. The fraction of sp³-hybridized carbons (Fsp3) is 0.200. The molecule has 27 heavy (non-hydrogen) atoms. The third-order valence-electron chi connectivity index (χ3n) is 4.16. The first-order valence-corrected chi connectivity index (χ1v) is 8.91. The first-order valence-electron chi connectivity index (χ1n) is 8.15. The van der Waals surface area contributed by atoms with Gasteiger partial charge in [-0.1, -0.05) is 35.3 Å². The van der Waals surface area contributed by atoms with Crippen molar-refractivity contribution in [1.82, 2.24) is 4.98 Å². The van der Waals surface area contributed by atoms with E-state index in [1.165, 1.54) is 0 Å². The predicted octanol–water partition coefficient (Wildman–Crippen LogP) is 4.91. The minimum absolute atomic E-state index is 0.360. The Morgan fingerprint density at radius 2 is 1.85 bits per heavy atom. The molecule has 2 aromatic carbocycles.